The fourth-order valence-corrected chi connectivity index (χ4v) is 1.53. The number of carboxylic acids is 1. The third kappa shape index (κ3) is 1.46. The normalized spacial score (nSPS) is 13.9. The Morgan fingerprint density at radius 2 is 2.29 bits per heavy atom. The second kappa shape index (κ2) is 3.35. The van der Waals surface area contributed by atoms with Crippen LogP contribution in [0.4, 0.5) is 0 Å². The summed E-state index contributed by atoms with van der Waals surface area (Å²) in [5.41, 5.74) is 0.945. The lowest BCUT2D eigenvalue weighted by Gasteiger charge is -2.16. The molecule has 1 aromatic carbocycles. The molecule has 0 atom stereocenters. The number of halogens is 1. The Morgan fingerprint density at radius 1 is 1.50 bits per heavy atom. The van der Waals surface area contributed by atoms with Crippen molar-refractivity contribution in [3.8, 4) is 5.75 Å². The molecule has 72 valence electrons. The van der Waals surface area contributed by atoms with Gasteiger partial charge in [-0.2, -0.15) is 0 Å². The summed E-state index contributed by atoms with van der Waals surface area (Å²) < 4.78 is 5.25. The lowest BCUT2D eigenvalue weighted by Crippen LogP contribution is -2.14. The van der Waals surface area contributed by atoms with Crippen LogP contribution in [-0.4, -0.2) is 17.7 Å². The van der Waals surface area contributed by atoms with Gasteiger partial charge in [0.2, 0.25) is 0 Å². The van der Waals surface area contributed by atoms with Crippen LogP contribution in [0.15, 0.2) is 23.8 Å². The predicted molar refractivity (Wildman–Crippen MR) is 52.6 cm³/mol. The van der Waals surface area contributed by atoms with Crippen LogP contribution in [0, 0.1) is 0 Å². The van der Waals surface area contributed by atoms with Crippen molar-refractivity contribution in [2.75, 3.05) is 6.61 Å². The zero-order valence-corrected chi connectivity index (χ0v) is 7.91. The van der Waals surface area contributed by atoms with Gasteiger partial charge in [0.25, 0.3) is 0 Å². The molecule has 2 rings (SSSR count). The fraction of sp³-hybridized carbons (Fsp3) is 0.100. The van der Waals surface area contributed by atoms with E-state index in [9.17, 15) is 4.79 Å². The summed E-state index contributed by atoms with van der Waals surface area (Å²) in [7, 11) is 0. The summed E-state index contributed by atoms with van der Waals surface area (Å²) in [6.07, 6.45) is 1.58. The van der Waals surface area contributed by atoms with Crippen LogP contribution < -0.4 is 4.74 Å². The van der Waals surface area contributed by atoms with Crippen LogP contribution in [0.5, 0.6) is 5.75 Å². The maximum Gasteiger partial charge on any atom is 0.335 e. The molecule has 4 heteroatoms. The minimum Gasteiger partial charge on any atom is -0.486 e. The molecule has 0 bridgehead atoms. The van der Waals surface area contributed by atoms with Gasteiger partial charge in [-0.1, -0.05) is 23.7 Å². The maximum atomic E-state index is 10.7. The lowest BCUT2D eigenvalue weighted by molar-refractivity contribution is -0.132. The Hall–Kier alpha value is -1.48. The average molecular weight is 211 g/mol. The van der Waals surface area contributed by atoms with E-state index in [1.165, 1.54) is 0 Å². The molecule has 1 aliphatic rings. The monoisotopic (exact) mass is 210 g/mol. The molecule has 0 spiro atoms. The number of rotatable bonds is 1. The molecule has 0 aliphatic carbocycles. The van der Waals surface area contributed by atoms with Gasteiger partial charge in [-0.25, -0.2) is 4.79 Å². The molecule has 1 aromatic rings. The smallest absolute Gasteiger partial charge is 0.335 e. The number of hydrogen-bond acceptors (Lipinski definition) is 2. The first kappa shape index (κ1) is 9.09. The molecule has 0 aromatic heterocycles. The van der Waals surface area contributed by atoms with Gasteiger partial charge >= 0.3 is 5.97 Å². The first-order chi connectivity index (χ1) is 6.68. The summed E-state index contributed by atoms with van der Waals surface area (Å²) in [5, 5.41) is 9.25. The highest BCUT2D eigenvalue weighted by atomic mass is 35.5. The Balaban J connectivity index is 2.50. The van der Waals surface area contributed by atoms with Crippen molar-refractivity contribution in [3.63, 3.8) is 0 Å². The van der Waals surface area contributed by atoms with E-state index in [-0.39, 0.29) is 12.2 Å². The zero-order chi connectivity index (χ0) is 10.1. The molecule has 0 radical (unpaired) electrons. The zero-order valence-electron chi connectivity index (χ0n) is 7.16. The molecule has 0 saturated heterocycles. The standard InChI is InChI=1S/C10H7ClO3/c11-8-3-1-2-6-4-7(10(12)13)5-14-9(6)8/h1-4H,5H2,(H,12,13). The Bertz CT molecular complexity index is 423. The van der Waals surface area contributed by atoms with E-state index in [2.05, 4.69) is 0 Å². The summed E-state index contributed by atoms with van der Waals surface area (Å²) in [6.45, 7) is 0.0616. The second-order valence-corrected chi connectivity index (χ2v) is 3.33. The van der Waals surface area contributed by atoms with Crippen LogP contribution in [-0.2, 0) is 4.79 Å². The van der Waals surface area contributed by atoms with Gasteiger partial charge in [0.05, 0.1) is 10.6 Å². The van der Waals surface area contributed by atoms with Crippen molar-refractivity contribution in [1.29, 1.82) is 0 Å². The molecule has 1 aliphatic heterocycles. The average Bonchev–Trinajstić information content (AvgIpc) is 2.17. The van der Waals surface area contributed by atoms with Crippen LogP contribution in [0.1, 0.15) is 5.56 Å². The van der Waals surface area contributed by atoms with Crippen LogP contribution in [0.2, 0.25) is 5.02 Å². The number of aliphatic carboxylic acids is 1. The molecule has 3 nitrogen and oxygen atoms in total. The first-order valence-corrected chi connectivity index (χ1v) is 4.41. The summed E-state index contributed by atoms with van der Waals surface area (Å²) >= 11 is 5.87. The van der Waals surface area contributed by atoms with Crippen molar-refractivity contribution in [2.24, 2.45) is 0 Å². The molecule has 0 saturated carbocycles. The largest absolute Gasteiger partial charge is 0.486 e. The molecule has 14 heavy (non-hydrogen) atoms. The third-order valence-corrected chi connectivity index (χ3v) is 2.27. The molecule has 0 unspecified atom stereocenters. The van der Waals surface area contributed by atoms with Gasteiger partial charge in [-0.05, 0) is 12.1 Å². The number of carboxylic acid groups (broad SMARTS) is 1. The van der Waals surface area contributed by atoms with E-state index in [0.717, 1.165) is 0 Å². The number of hydrogen-bond donors (Lipinski definition) is 1. The number of para-hydroxylation sites is 1. The topological polar surface area (TPSA) is 46.5 Å². The molecule has 1 N–H and O–H groups in total. The van der Waals surface area contributed by atoms with E-state index in [4.69, 9.17) is 21.4 Å². The number of fused-ring (bicyclic) bond motifs is 1. The molecular weight excluding hydrogens is 204 g/mol. The summed E-state index contributed by atoms with van der Waals surface area (Å²) in [4.78, 5) is 10.7. The van der Waals surface area contributed by atoms with E-state index in [1.54, 1.807) is 24.3 Å². The van der Waals surface area contributed by atoms with E-state index < -0.39 is 5.97 Å². The van der Waals surface area contributed by atoms with Crippen LogP contribution in [0.3, 0.4) is 0 Å². The molecular formula is C10H7ClO3. The van der Waals surface area contributed by atoms with Gasteiger partial charge < -0.3 is 9.84 Å². The molecule has 0 amide bonds. The number of benzene rings is 1. The van der Waals surface area contributed by atoms with Crippen molar-refractivity contribution in [2.45, 2.75) is 0 Å². The summed E-state index contributed by atoms with van der Waals surface area (Å²) in [5.74, 6) is -0.408. The minimum atomic E-state index is -0.962. The summed E-state index contributed by atoms with van der Waals surface area (Å²) in [6, 6.07) is 5.23. The molecule has 1 heterocycles. The first-order valence-electron chi connectivity index (χ1n) is 4.03. The van der Waals surface area contributed by atoms with Gasteiger partial charge in [-0.3, -0.25) is 0 Å². The van der Waals surface area contributed by atoms with Crippen molar-refractivity contribution >= 4 is 23.6 Å². The Kier molecular flexibility index (Phi) is 2.17. The van der Waals surface area contributed by atoms with E-state index in [0.29, 0.717) is 16.3 Å². The number of carbonyl (C=O) groups is 1. The highest BCUT2D eigenvalue weighted by Gasteiger charge is 2.17. The molecule has 0 fully saturated rings. The number of ether oxygens (including phenoxy) is 1. The highest BCUT2D eigenvalue weighted by molar-refractivity contribution is 6.32. The van der Waals surface area contributed by atoms with Crippen molar-refractivity contribution in [3.05, 3.63) is 34.4 Å². The second-order valence-electron chi connectivity index (χ2n) is 2.92. The van der Waals surface area contributed by atoms with Gasteiger partial charge in [0, 0.05) is 5.56 Å². The quantitative estimate of drug-likeness (QED) is 0.773. The maximum absolute atomic E-state index is 10.7. The van der Waals surface area contributed by atoms with Gasteiger partial charge in [0.15, 0.2) is 0 Å². The Morgan fingerprint density at radius 3 is 3.00 bits per heavy atom. The minimum absolute atomic E-state index is 0.0616. The van der Waals surface area contributed by atoms with Gasteiger partial charge in [0.1, 0.15) is 12.4 Å². The third-order valence-electron chi connectivity index (χ3n) is 1.97. The van der Waals surface area contributed by atoms with Crippen LogP contribution >= 0.6 is 11.6 Å². The van der Waals surface area contributed by atoms with E-state index in [1.807, 2.05) is 0 Å². The fourth-order valence-electron chi connectivity index (χ4n) is 1.29. The van der Waals surface area contributed by atoms with Crippen molar-refractivity contribution < 1.29 is 14.6 Å². The van der Waals surface area contributed by atoms with Crippen LogP contribution in [0.25, 0.3) is 6.08 Å². The lowest BCUT2D eigenvalue weighted by atomic mass is 10.1. The highest BCUT2D eigenvalue weighted by Crippen LogP contribution is 2.33. The van der Waals surface area contributed by atoms with Crippen molar-refractivity contribution in [1.82, 2.24) is 0 Å². The predicted octanol–water partition coefficient (Wildman–Crippen LogP) is 2.20. The van der Waals surface area contributed by atoms with Gasteiger partial charge in [-0.15, -0.1) is 0 Å². The SMILES string of the molecule is O=C(O)C1=Cc2cccc(Cl)c2OC1. The van der Waals surface area contributed by atoms with E-state index >= 15 is 0 Å². The Labute approximate surface area is 85.6 Å².